The van der Waals surface area contributed by atoms with Gasteiger partial charge in [-0.05, 0) is 35.4 Å². The largest absolute Gasteiger partial charge is 0.497 e. The van der Waals surface area contributed by atoms with Crippen LogP contribution in [-0.4, -0.2) is 66.1 Å². The Balaban J connectivity index is 1.33. The molecule has 2 aliphatic heterocycles. The molecule has 2 aliphatic rings. The Hall–Kier alpha value is -4.17. The Kier molecular flexibility index (Phi) is 7.93. The molecule has 202 valence electrons. The third kappa shape index (κ3) is 5.81. The number of nitrogens with zero attached hydrogens (tertiary/aromatic N) is 2. The van der Waals surface area contributed by atoms with Crippen LogP contribution in [0.2, 0.25) is 0 Å². The summed E-state index contributed by atoms with van der Waals surface area (Å²) in [5.41, 5.74) is 1.42. The number of methoxy groups -OCH3 is 1. The van der Waals surface area contributed by atoms with E-state index in [1.54, 1.807) is 36.3 Å². The van der Waals surface area contributed by atoms with E-state index in [2.05, 4.69) is 5.32 Å². The monoisotopic (exact) mass is 527 g/mol. The summed E-state index contributed by atoms with van der Waals surface area (Å²) in [7, 11) is 1.57. The number of carbonyl (C=O) groups excluding carboxylic acids is 3. The molecule has 8 nitrogen and oxygen atoms in total. The van der Waals surface area contributed by atoms with Gasteiger partial charge in [-0.1, -0.05) is 60.7 Å². The predicted octanol–water partition coefficient (Wildman–Crippen LogP) is 3.41. The molecule has 0 radical (unpaired) electrons. The van der Waals surface area contributed by atoms with E-state index >= 15 is 0 Å². The number of carbonyl (C=O) groups is 3. The Morgan fingerprint density at radius 3 is 2.13 bits per heavy atom. The molecule has 2 fully saturated rings. The summed E-state index contributed by atoms with van der Waals surface area (Å²) < 4.78 is 11.5. The molecule has 8 heteroatoms. The first kappa shape index (κ1) is 26.4. The lowest BCUT2D eigenvalue weighted by molar-refractivity contribution is -0.143. The highest BCUT2D eigenvalue weighted by Gasteiger charge is 2.54. The minimum atomic E-state index is -0.963. The van der Waals surface area contributed by atoms with Gasteiger partial charge < -0.3 is 19.7 Å². The van der Waals surface area contributed by atoms with Crippen LogP contribution >= 0.6 is 0 Å². The van der Waals surface area contributed by atoms with Crippen molar-refractivity contribution in [2.45, 2.75) is 37.6 Å². The van der Waals surface area contributed by atoms with E-state index in [0.717, 1.165) is 11.1 Å². The van der Waals surface area contributed by atoms with Gasteiger partial charge in [0.05, 0.1) is 20.1 Å². The van der Waals surface area contributed by atoms with Crippen LogP contribution in [0.5, 0.6) is 5.75 Å². The number of benzene rings is 3. The minimum absolute atomic E-state index is 0.0410. The normalized spacial score (nSPS) is 18.1. The molecular weight excluding hydrogens is 494 g/mol. The number of piperidine rings is 1. The van der Waals surface area contributed by atoms with Crippen LogP contribution in [0.25, 0.3) is 0 Å². The molecule has 3 aromatic carbocycles. The zero-order valence-electron chi connectivity index (χ0n) is 22.0. The van der Waals surface area contributed by atoms with E-state index in [4.69, 9.17) is 9.47 Å². The number of amides is 3. The molecule has 0 aromatic heterocycles. The van der Waals surface area contributed by atoms with Gasteiger partial charge in [0, 0.05) is 38.0 Å². The van der Waals surface area contributed by atoms with Crippen molar-refractivity contribution in [2.75, 3.05) is 26.8 Å². The second kappa shape index (κ2) is 11.7. The van der Waals surface area contributed by atoms with Crippen LogP contribution in [0.15, 0.2) is 84.9 Å². The summed E-state index contributed by atoms with van der Waals surface area (Å²) in [4.78, 5) is 43.7. The molecule has 39 heavy (non-hydrogen) atoms. The van der Waals surface area contributed by atoms with Crippen LogP contribution in [-0.2, 0) is 27.3 Å². The molecule has 1 N–H and O–H groups in total. The molecule has 3 amide bonds. The van der Waals surface area contributed by atoms with Crippen molar-refractivity contribution in [1.29, 1.82) is 0 Å². The number of nitrogens with one attached hydrogen (secondary N) is 1. The number of hydrogen-bond donors (Lipinski definition) is 1. The van der Waals surface area contributed by atoms with Crippen molar-refractivity contribution >= 4 is 17.7 Å². The Labute approximate surface area is 228 Å². The van der Waals surface area contributed by atoms with Crippen LogP contribution in [0, 0.1) is 0 Å². The summed E-state index contributed by atoms with van der Waals surface area (Å²) in [6, 6.07) is 25.4. The van der Waals surface area contributed by atoms with E-state index in [-0.39, 0.29) is 24.3 Å². The maximum absolute atomic E-state index is 13.9. The van der Waals surface area contributed by atoms with Gasteiger partial charge in [-0.25, -0.2) is 0 Å². The Bertz CT molecular complexity index is 1290. The quantitative estimate of drug-likeness (QED) is 0.509. The number of likely N-dealkylation sites (tertiary alicyclic amines) is 1. The lowest BCUT2D eigenvalue weighted by Crippen LogP contribution is -2.59. The Morgan fingerprint density at radius 1 is 0.897 bits per heavy atom. The molecule has 3 aromatic rings. The molecule has 0 unspecified atom stereocenters. The van der Waals surface area contributed by atoms with Crippen molar-refractivity contribution < 1.29 is 23.9 Å². The predicted molar refractivity (Wildman–Crippen MR) is 146 cm³/mol. The van der Waals surface area contributed by atoms with Crippen molar-refractivity contribution in [3.05, 3.63) is 102 Å². The van der Waals surface area contributed by atoms with Crippen LogP contribution in [0.4, 0.5) is 0 Å². The van der Waals surface area contributed by atoms with Gasteiger partial charge in [0.25, 0.3) is 5.91 Å². The zero-order chi connectivity index (χ0) is 27.2. The maximum Gasteiger partial charge on any atom is 0.256 e. The highest BCUT2D eigenvalue weighted by atomic mass is 16.5. The molecular formula is C31H33N3O5. The lowest BCUT2D eigenvalue weighted by atomic mass is 9.96. The first-order valence-electron chi connectivity index (χ1n) is 13.2. The third-order valence-corrected chi connectivity index (χ3v) is 7.52. The average Bonchev–Trinajstić information content (AvgIpc) is 3.35. The van der Waals surface area contributed by atoms with E-state index in [9.17, 15) is 14.4 Å². The minimum Gasteiger partial charge on any atom is -0.497 e. The van der Waals surface area contributed by atoms with Crippen molar-refractivity contribution in [2.24, 2.45) is 0 Å². The van der Waals surface area contributed by atoms with E-state index in [1.165, 1.54) is 0 Å². The van der Waals surface area contributed by atoms with Gasteiger partial charge in [0.15, 0.2) is 0 Å². The van der Waals surface area contributed by atoms with Gasteiger partial charge in [-0.2, -0.15) is 0 Å². The number of hydrogen-bond acceptors (Lipinski definition) is 5. The second-order valence-electron chi connectivity index (χ2n) is 9.92. The maximum atomic E-state index is 13.9. The van der Waals surface area contributed by atoms with Crippen molar-refractivity contribution in [1.82, 2.24) is 15.1 Å². The van der Waals surface area contributed by atoms with Crippen LogP contribution in [0.1, 0.15) is 34.3 Å². The summed E-state index contributed by atoms with van der Waals surface area (Å²) in [5, 5.41) is 2.97. The fourth-order valence-electron chi connectivity index (χ4n) is 5.33. The molecule has 2 saturated heterocycles. The van der Waals surface area contributed by atoms with Crippen LogP contribution in [0.3, 0.4) is 0 Å². The summed E-state index contributed by atoms with van der Waals surface area (Å²) in [6.07, 6.45) is 1.18. The number of rotatable bonds is 7. The first-order chi connectivity index (χ1) is 19.0. The molecule has 0 saturated carbocycles. The van der Waals surface area contributed by atoms with Crippen LogP contribution < -0.4 is 10.1 Å². The highest BCUT2D eigenvalue weighted by molar-refractivity contribution is 5.98. The third-order valence-electron chi connectivity index (χ3n) is 7.52. The lowest BCUT2D eigenvalue weighted by Gasteiger charge is -2.44. The van der Waals surface area contributed by atoms with E-state index < -0.39 is 11.8 Å². The van der Waals surface area contributed by atoms with E-state index in [1.807, 2.05) is 65.6 Å². The zero-order valence-corrected chi connectivity index (χ0v) is 22.0. The van der Waals surface area contributed by atoms with Crippen molar-refractivity contribution in [3.63, 3.8) is 0 Å². The first-order valence-corrected chi connectivity index (χ1v) is 13.2. The molecule has 1 atom stereocenters. The fraction of sp³-hybridized carbons (Fsp3) is 0.323. The van der Waals surface area contributed by atoms with Crippen molar-refractivity contribution in [3.8, 4) is 5.75 Å². The highest BCUT2D eigenvalue weighted by Crippen LogP contribution is 2.39. The van der Waals surface area contributed by atoms with Gasteiger partial charge >= 0.3 is 0 Å². The van der Waals surface area contributed by atoms with Gasteiger partial charge in [-0.3, -0.25) is 19.3 Å². The second-order valence-corrected chi connectivity index (χ2v) is 9.92. The molecule has 0 aliphatic carbocycles. The summed E-state index contributed by atoms with van der Waals surface area (Å²) in [6.45, 7) is 1.34. The van der Waals surface area contributed by atoms with Gasteiger partial charge in [0.2, 0.25) is 11.8 Å². The molecule has 2 heterocycles. The summed E-state index contributed by atoms with van der Waals surface area (Å²) in [5.74, 6) is 0.139. The average molecular weight is 528 g/mol. The topological polar surface area (TPSA) is 88.2 Å². The fourth-order valence-corrected chi connectivity index (χ4v) is 5.33. The number of ether oxygens (including phenoxy) is 2. The SMILES string of the molecule is COc1ccc(C(=O)N2[C@H](C(=O)NCc3ccccc3)COC23CCN(C(=O)Cc2ccccc2)CC3)cc1. The molecule has 1 spiro atoms. The standard InChI is InChI=1S/C31H33N3O5/c1-38-26-14-12-25(13-15-26)30(37)34-27(29(36)32-21-24-10-6-3-7-11-24)22-39-31(34)16-18-33(19-17-31)28(35)20-23-8-4-2-5-9-23/h2-15,27H,16-22H2,1H3,(H,32,36)/t27-/m0/s1. The molecule has 5 rings (SSSR count). The molecule has 0 bridgehead atoms. The summed E-state index contributed by atoms with van der Waals surface area (Å²) >= 11 is 0. The van der Waals surface area contributed by atoms with Gasteiger partial charge in [0.1, 0.15) is 17.5 Å². The van der Waals surface area contributed by atoms with E-state index in [0.29, 0.717) is 50.2 Å². The van der Waals surface area contributed by atoms with Gasteiger partial charge in [-0.15, -0.1) is 0 Å². The smallest absolute Gasteiger partial charge is 0.256 e. The Morgan fingerprint density at radius 2 is 1.51 bits per heavy atom.